The number of H-pyrrole nitrogens is 1. The molecule has 0 bridgehead atoms. The number of hydrogen-bond donors (Lipinski definition) is 1. The lowest BCUT2D eigenvalue weighted by molar-refractivity contribution is 0.0512. The van der Waals surface area contributed by atoms with Crippen molar-refractivity contribution < 1.29 is 27.4 Å². The first-order chi connectivity index (χ1) is 20.4. The average molecular weight is 612 g/mol. The van der Waals surface area contributed by atoms with Crippen LogP contribution in [0.25, 0.3) is 32.9 Å². The van der Waals surface area contributed by atoms with Crippen LogP contribution in [0.5, 0.6) is 11.6 Å². The van der Waals surface area contributed by atoms with E-state index in [1.165, 1.54) is 19.2 Å². The Balaban J connectivity index is 1.67. The Morgan fingerprint density at radius 1 is 1.14 bits per heavy atom. The summed E-state index contributed by atoms with van der Waals surface area (Å²) in [6.45, 7) is 14.4. The maximum absolute atomic E-state index is 16.6. The number of aromatic nitrogens is 2. The molecule has 2 aromatic carbocycles. The number of methoxy groups -OCH3 is 1. The van der Waals surface area contributed by atoms with Crippen LogP contribution in [0.2, 0.25) is 18.1 Å². The summed E-state index contributed by atoms with van der Waals surface area (Å²) in [6, 6.07) is 7.84. The topological polar surface area (TPSA) is 85.9 Å². The molecule has 1 N–H and O–H groups in total. The highest BCUT2D eigenvalue weighted by Crippen LogP contribution is 2.42. The number of fused-ring (bicyclic) bond motifs is 1. The van der Waals surface area contributed by atoms with E-state index in [9.17, 15) is 4.79 Å². The van der Waals surface area contributed by atoms with Crippen LogP contribution in [-0.4, -0.2) is 58.5 Å². The zero-order valence-electron chi connectivity index (χ0n) is 25.8. The standard InChI is InChI=1S/C32H39F2N3O5Si/c1-8-21-23(33)10-9-19-15-20(41-18-39-5)16-22(26(19)21)29-28(34)30-27-24(17-25(38)35-30)37(11-13-40-31(27)36-29)12-14-42-43(6,7)32(2,3)4/h9-10,15-17H,8,11-14,18H2,1-7H3,(H,35,38). The molecule has 230 valence electrons. The quantitative estimate of drug-likeness (QED) is 0.165. The zero-order chi connectivity index (χ0) is 31.1. The first-order valence-electron chi connectivity index (χ1n) is 14.5. The molecular weight excluding hydrogens is 572 g/mol. The third-order valence-electron chi connectivity index (χ3n) is 8.54. The van der Waals surface area contributed by atoms with Crippen molar-refractivity contribution in [3.8, 4) is 22.9 Å². The normalized spacial score (nSPS) is 13.8. The van der Waals surface area contributed by atoms with Crippen LogP contribution in [0.3, 0.4) is 0 Å². The first-order valence-corrected chi connectivity index (χ1v) is 17.4. The van der Waals surface area contributed by atoms with E-state index in [0.29, 0.717) is 64.8 Å². The molecule has 0 atom stereocenters. The molecule has 3 heterocycles. The van der Waals surface area contributed by atoms with Gasteiger partial charge in [0.2, 0.25) is 5.88 Å². The molecule has 0 spiro atoms. The molecular formula is C32H39F2N3O5Si. The Hall–Kier alpha value is -3.54. The third kappa shape index (κ3) is 5.85. The van der Waals surface area contributed by atoms with E-state index in [1.54, 1.807) is 18.2 Å². The highest BCUT2D eigenvalue weighted by Gasteiger charge is 2.37. The van der Waals surface area contributed by atoms with Gasteiger partial charge in [-0.2, -0.15) is 0 Å². The second-order valence-corrected chi connectivity index (χ2v) is 17.1. The summed E-state index contributed by atoms with van der Waals surface area (Å²) in [5.41, 5.74) is 0.737. The van der Waals surface area contributed by atoms with Crippen LogP contribution in [0.15, 0.2) is 35.1 Å². The molecule has 0 fully saturated rings. The highest BCUT2D eigenvalue weighted by atomic mass is 28.4. The van der Waals surface area contributed by atoms with Crippen LogP contribution >= 0.6 is 0 Å². The van der Waals surface area contributed by atoms with Gasteiger partial charge < -0.3 is 28.5 Å². The van der Waals surface area contributed by atoms with E-state index in [4.69, 9.17) is 18.6 Å². The molecule has 4 aromatic rings. The Morgan fingerprint density at radius 3 is 2.60 bits per heavy atom. The van der Waals surface area contributed by atoms with Crippen molar-refractivity contribution in [2.75, 3.05) is 45.1 Å². The number of pyridine rings is 2. The number of anilines is 1. The smallest absolute Gasteiger partial charge is 0.250 e. The summed E-state index contributed by atoms with van der Waals surface area (Å²) < 4.78 is 54.9. The predicted molar refractivity (Wildman–Crippen MR) is 168 cm³/mol. The van der Waals surface area contributed by atoms with Crippen LogP contribution < -0.4 is 19.9 Å². The van der Waals surface area contributed by atoms with Crippen LogP contribution in [0.4, 0.5) is 14.5 Å². The molecule has 8 nitrogen and oxygen atoms in total. The minimum Gasteiger partial charge on any atom is -0.475 e. The predicted octanol–water partition coefficient (Wildman–Crippen LogP) is 6.79. The lowest BCUT2D eigenvalue weighted by Crippen LogP contribution is -2.43. The largest absolute Gasteiger partial charge is 0.475 e. The van der Waals surface area contributed by atoms with E-state index in [-0.39, 0.29) is 35.5 Å². The summed E-state index contributed by atoms with van der Waals surface area (Å²) in [4.78, 5) is 22.3. The van der Waals surface area contributed by atoms with Crippen molar-refractivity contribution in [3.05, 3.63) is 57.9 Å². The highest BCUT2D eigenvalue weighted by molar-refractivity contribution is 6.74. The Labute approximate surface area is 251 Å². The average Bonchev–Trinajstić information content (AvgIpc) is 3.12. The van der Waals surface area contributed by atoms with Crippen molar-refractivity contribution in [2.24, 2.45) is 0 Å². The lowest BCUT2D eigenvalue weighted by atomic mass is 9.94. The number of rotatable bonds is 9. The number of hydrogen-bond acceptors (Lipinski definition) is 7. The molecule has 0 unspecified atom stereocenters. The molecule has 0 saturated heterocycles. The van der Waals surface area contributed by atoms with Gasteiger partial charge in [0.1, 0.15) is 23.9 Å². The van der Waals surface area contributed by atoms with Gasteiger partial charge in [-0.25, -0.2) is 13.8 Å². The van der Waals surface area contributed by atoms with E-state index < -0.39 is 25.5 Å². The number of ether oxygens (including phenoxy) is 3. The summed E-state index contributed by atoms with van der Waals surface area (Å²) in [5, 5.41) is 1.61. The van der Waals surface area contributed by atoms with Crippen molar-refractivity contribution in [1.82, 2.24) is 9.97 Å². The number of nitrogens with one attached hydrogen (secondary N) is 1. The maximum atomic E-state index is 16.6. The Morgan fingerprint density at radius 2 is 1.91 bits per heavy atom. The molecule has 0 amide bonds. The van der Waals surface area contributed by atoms with Gasteiger partial charge in [0.05, 0.1) is 29.7 Å². The van der Waals surface area contributed by atoms with Gasteiger partial charge in [-0.1, -0.05) is 33.8 Å². The summed E-state index contributed by atoms with van der Waals surface area (Å²) in [7, 11) is -0.493. The van der Waals surface area contributed by atoms with Crippen molar-refractivity contribution >= 4 is 35.7 Å². The minimum atomic E-state index is -1.99. The number of nitrogens with zero attached hydrogens (tertiary/aromatic N) is 2. The maximum Gasteiger partial charge on any atom is 0.250 e. The Kier molecular flexibility index (Phi) is 8.52. The van der Waals surface area contributed by atoms with Gasteiger partial charge in [-0.05, 0) is 59.1 Å². The summed E-state index contributed by atoms with van der Waals surface area (Å²) >= 11 is 0. The first kappa shape index (κ1) is 30.9. The van der Waals surface area contributed by atoms with Gasteiger partial charge in [-0.15, -0.1) is 0 Å². The molecule has 1 aliphatic heterocycles. The number of aromatic amines is 1. The molecule has 43 heavy (non-hydrogen) atoms. The molecule has 0 radical (unpaired) electrons. The molecule has 5 rings (SSSR count). The van der Waals surface area contributed by atoms with Crippen molar-refractivity contribution in [2.45, 2.75) is 52.2 Å². The second-order valence-electron chi connectivity index (χ2n) is 12.3. The van der Waals surface area contributed by atoms with Gasteiger partial charge in [0.15, 0.2) is 20.9 Å². The van der Waals surface area contributed by atoms with Gasteiger partial charge >= 0.3 is 0 Å². The van der Waals surface area contributed by atoms with E-state index >= 15 is 8.78 Å². The fourth-order valence-electron chi connectivity index (χ4n) is 5.25. The van der Waals surface area contributed by atoms with Crippen LogP contribution in [0, 0.1) is 11.6 Å². The third-order valence-corrected chi connectivity index (χ3v) is 13.1. The monoisotopic (exact) mass is 611 g/mol. The van der Waals surface area contributed by atoms with Gasteiger partial charge in [-0.3, -0.25) is 4.79 Å². The van der Waals surface area contributed by atoms with E-state index in [2.05, 4.69) is 43.8 Å². The fraction of sp³-hybridized carbons (Fsp3) is 0.438. The second kappa shape index (κ2) is 11.9. The SMILES string of the molecule is CCc1c(F)ccc2cc(OCOC)cc(-c3nc4c5c(cc(=O)[nH]c5c3F)N(CCO[Si](C)(C)C(C)(C)C)CCO4)c12. The van der Waals surface area contributed by atoms with Gasteiger partial charge in [0, 0.05) is 25.3 Å². The number of halogens is 2. The Bertz CT molecular complexity index is 1740. The number of benzene rings is 2. The van der Waals surface area contributed by atoms with E-state index in [1.807, 2.05) is 11.8 Å². The summed E-state index contributed by atoms with van der Waals surface area (Å²) in [5.74, 6) is -0.543. The van der Waals surface area contributed by atoms with Crippen LogP contribution in [0.1, 0.15) is 33.3 Å². The zero-order valence-corrected chi connectivity index (χ0v) is 26.8. The van der Waals surface area contributed by atoms with Crippen molar-refractivity contribution in [1.29, 1.82) is 0 Å². The molecule has 2 aromatic heterocycles. The molecule has 11 heteroatoms. The molecule has 0 saturated carbocycles. The fourth-order valence-corrected chi connectivity index (χ4v) is 6.28. The van der Waals surface area contributed by atoms with Gasteiger partial charge in [0.25, 0.3) is 5.56 Å². The minimum absolute atomic E-state index is 0.0227. The van der Waals surface area contributed by atoms with Crippen molar-refractivity contribution in [3.63, 3.8) is 0 Å². The molecule has 1 aliphatic rings. The van der Waals surface area contributed by atoms with Crippen LogP contribution in [-0.2, 0) is 15.6 Å². The summed E-state index contributed by atoms with van der Waals surface area (Å²) in [6.07, 6.45) is 0.375. The number of aryl methyl sites for hydroxylation is 1. The lowest BCUT2D eigenvalue weighted by Gasteiger charge is -2.37. The van der Waals surface area contributed by atoms with E-state index in [0.717, 1.165) is 0 Å². The molecule has 0 aliphatic carbocycles.